The second-order valence-electron chi connectivity index (χ2n) is 4.21. The molecule has 2 heterocycles. The molecule has 1 unspecified atom stereocenters. The Morgan fingerprint density at radius 1 is 1.65 bits per heavy atom. The van der Waals surface area contributed by atoms with Crippen molar-refractivity contribution >= 4 is 35.1 Å². The lowest BCUT2D eigenvalue weighted by Crippen LogP contribution is -2.54. The number of likely N-dealkylation sites (N-methyl/N-ethyl adjacent to an activating group) is 1. The average molecular weight is 317 g/mol. The van der Waals surface area contributed by atoms with Gasteiger partial charge in [0.25, 0.3) is 0 Å². The molecule has 1 atom stereocenters. The number of amides is 1. The van der Waals surface area contributed by atoms with Gasteiger partial charge in [-0.3, -0.25) is 4.79 Å². The monoisotopic (exact) mass is 316 g/mol. The van der Waals surface area contributed by atoms with Crippen LogP contribution in [-0.4, -0.2) is 54.5 Å². The summed E-state index contributed by atoms with van der Waals surface area (Å²) in [6, 6.07) is 1.29. The minimum absolute atomic E-state index is 0.0624. The zero-order valence-corrected chi connectivity index (χ0v) is 13.0. The van der Waals surface area contributed by atoms with Crippen molar-refractivity contribution in [2.24, 2.45) is 0 Å². The minimum atomic E-state index is -0.385. The third-order valence-corrected chi connectivity index (χ3v) is 3.66. The van der Waals surface area contributed by atoms with Gasteiger partial charge in [0, 0.05) is 19.2 Å². The van der Waals surface area contributed by atoms with Crippen LogP contribution < -0.4 is 10.2 Å². The molecular weight excluding hydrogens is 300 g/mol. The van der Waals surface area contributed by atoms with E-state index in [2.05, 4.69) is 15.3 Å². The van der Waals surface area contributed by atoms with Gasteiger partial charge in [0.2, 0.25) is 5.91 Å². The summed E-state index contributed by atoms with van der Waals surface area (Å²) >= 11 is 7.43. The number of rotatable bonds is 4. The number of nitrogens with zero attached hydrogens (tertiary/aromatic N) is 3. The van der Waals surface area contributed by atoms with Gasteiger partial charge in [0.15, 0.2) is 5.16 Å². The van der Waals surface area contributed by atoms with Crippen LogP contribution in [0.4, 0.5) is 5.82 Å². The molecule has 1 saturated heterocycles. The lowest BCUT2D eigenvalue weighted by Gasteiger charge is -2.35. The Bertz CT molecular complexity index is 489. The standard InChI is InChI=1S/C12H17ClN4O2S/c1-3-14-11(18)8-7-19-5-4-17(8)10-6-9(13)15-12(16-10)20-2/h6,8H,3-5,7H2,1-2H3,(H,14,18). The van der Waals surface area contributed by atoms with Crippen molar-refractivity contribution in [2.45, 2.75) is 18.1 Å². The molecule has 0 bridgehead atoms. The molecule has 1 fully saturated rings. The minimum Gasteiger partial charge on any atom is -0.377 e. The molecule has 0 aromatic carbocycles. The molecule has 2 rings (SSSR count). The van der Waals surface area contributed by atoms with Crippen LogP contribution in [0.5, 0.6) is 0 Å². The maximum absolute atomic E-state index is 12.1. The number of anilines is 1. The van der Waals surface area contributed by atoms with Crippen molar-refractivity contribution in [3.63, 3.8) is 0 Å². The van der Waals surface area contributed by atoms with E-state index in [1.54, 1.807) is 6.07 Å². The van der Waals surface area contributed by atoms with Crippen molar-refractivity contribution in [1.29, 1.82) is 0 Å². The van der Waals surface area contributed by atoms with E-state index >= 15 is 0 Å². The highest BCUT2D eigenvalue weighted by atomic mass is 35.5. The Morgan fingerprint density at radius 2 is 2.45 bits per heavy atom. The number of hydrogen-bond donors (Lipinski definition) is 1. The Morgan fingerprint density at radius 3 is 3.15 bits per heavy atom. The van der Waals surface area contributed by atoms with Gasteiger partial charge in [0.05, 0.1) is 13.2 Å². The molecule has 1 aliphatic rings. The molecular formula is C12H17ClN4O2S. The van der Waals surface area contributed by atoms with E-state index in [1.165, 1.54) is 11.8 Å². The summed E-state index contributed by atoms with van der Waals surface area (Å²) < 4.78 is 5.40. The van der Waals surface area contributed by atoms with Gasteiger partial charge < -0.3 is 15.0 Å². The largest absolute Gasteiger partial charge is 0.377 e. The van der Waals surface area contributed by atoms with Crippen molar-refractivity contribution < 1.29 is 9.53 Å². The first kappa shape index (κ1) is 15.3. The van der Waals surface area contributed by atoms with Crippen molar-refractivity contribution in [2.75, 3.05) is 37.5 Å². The summed E-state index contributed by atoms with van der Waals surface area (Å²) in [4.78, 5) is 22.6. The zero-order valence-electron chi connectivity index (χ0n) is 11.4. The first-order chi connectivity index (χ1) is 9.65. The van der Waals surface area contributed by atoms with E-state index in [4.69, 9.17) is 16.3 Å². The zero-order chi connectivity index (χ0) is 14.5. The van der Waals surface area contributed by atoms with Gasteiger partial charge in [-0.25, -0.2) is 9.97 Å². The Kier molecular flexibility index (Phi) is 5.45. The highest BCUT2D eigenvalue weighted by Gasteiger charge is 2.30. The summed E-state index contributed by atoms with van der Waals surface area (Å²) in [6.45, 7) is 3.99. The number of halogens is 1. The van der Waals surface area contributed by atoms with Gasteiger partial charge in [-0.1, -0.05) is 23.4 Å². The quantitative estimate of drug-likeness (QED) is 0.511. The average Bonchev–Trinajstić information content (AvgIpc) is 2.46. The summed E-state index contributed by atoms with van der Waals surface area (Å²) in [6.07, 6.45) is 1.88. The Labute approximate surface area is 127 Å². The second kappa shape index (κ2) is 7.10. The van der Waals surface area contributed by atoms with Gasteiger partial charge in [-0.05, 0) is 13.2 Å². The molecule has 0 saturated carbocycles. The van der Waals surface area contributed by atoms with Crippen LogP contribution in [0.1, 0.15) is 6.92 Å². The highest BCUT2D eigenvalue weighted by Crippen LogP contribution is 2.23. The summed E-state index contributed by atoms with van der Waals surface area (Å²) in [5.41, 5.74) is 0. The molecule has 1 aromatic heterocycles. The van der Waals surface area contributed by atoms with Crippen LogP contribution in [-0.2, 0) is 9.53 Å². The summed E-state index contributed by atoms with van der Waals surface area (Å²) in [7, 11) is 0. The number of carbonyl (C=O) groups is 1. The summed E-state index contributed by atoms with van der Waals surface area (Å²) in [5, 5.41) is 3.78. The van der Waals surface area contributed by atoms with E-state index in [0.717, 1.165) is 0 Å². The summed E-state index contributed by atoms with van der Waals surface area (Å²) in [5.74, 6) is 0.599. The molecule has 1 amide bonds. The topological polar surface area (TPSA) is 67.3 Å². The maximum Gasteiger partial charge on any atom is 0.245 e. The van der Waals surface area contributed by atoms with Crippen LogP contribution in [0.2, 0.25) is 5.15 Å². The molecule has 20 heavy (non-hydrogen) atoms. The van der Waals surface area contributed by atoms with Crippen LogP contribution in [0.3, 0.4) is 0 Å². The van der Waals surface area contributed by atoms with Crippen molar-refractivity contribution in [3.8, 4) is 0 Å². The van der Waals surface area contributed by atoms with Gasteiger partial charge in [-0.2, -0.15) is 0 Å². The Hall–Kier alpha value is -1.05. The molecule has 1 aliphatic heterocycles. The lowest BCUT2D eigenvalue weighted by atomic mass is 10.2. The Balaban J connectivity index is 2.27. The molecule has 1 aromatic rings. The smallest absolute Gasteiger partial charge is 0.245 e. The SMILES string of the molecule is CCNC(=O)C1COCCN1c1cc(Cl)nc(SC)n1. The number of aromatic nitrogens is 2. The molecule has 0 radical (unpaired) electrons. The van der Waals surface area contributed by atoms with E-state index in [9.17, 15) is 4.79 Å². The van der Waals surface area contributed by atoms with E-state index in [1.807, 2.05) is 18.1 Å². The lowest BCUT2D eigenvalue weighted by molar-refractivity contribution is -0.124. The van der Waals surface area contributed by atoms with Crippen LogP contribution >= 0.6 is 23.4 Å². The molecule has 6 nitrogen and oxygen atoms in total. The third-order valence-electron chi connectivity index (χ3n) is 2.92. The first-order valence-corrected chi connectivity index (χ1v) is 7.96. The fourth-order valence-corrected chi connectivity index (χ4v) is 2.61. The van der Waals surface area contributed by atoms with Gasteiger partial charge in [0.1, 0.15) is 17.0 Å². The molecule has 8 heteroatoms. The molecule has 0 aliphatic carbocycles. The van der Waals surface area contributed by atoms with Crippen LogP contribution in [0, 0.1) is 0 Å². The predicted molar refractivity (Wildman–Crippen MR) is 79.5 cm³/mol. The van der Waals surface area contributed by atoms with Crippen molar-refractivity contribution in [3.05, 3.63) is 11.2 Å². The number of carbonyl (C=O) groups excluding carboxylic acids is 1. The van der Waals surface area contributed by atoms with E-state index in [0.29, 0.717) is 42.4 Å². The van der Waals surface area contributed by atoms with Gasteiger partial charge in [-0.15, -0.1) is 0 Å². The molecule has 110 valence electrons. The number of thioether (sulfide) groups is 1. The molecule has 0 spiro atoms. The van der Waals surface area contributed by atoms with Crippen LogP contribution in [0.15, 0.2) is 11.2 Å². The normalized spacial score (nSPS) is 18.9. The predicted octanol–water partition coefficient (Wildman–Crippen LogP) is 1.19. The highest BCUT2D eigenvalue weighted by molar-refractivity contribution is 7.98. The first-order valence-electron chi connectivity index (χ1n) is 6.36. The third kappa shape index (κ3) is 3.53. The number of nitrogens with one attached hydrogen (secondary N) is 1. The number of hydrogen-bond acceptors (Lipinski definition) is 6. The fourth-order valence-electron chi connectivity index (χ4n) is 2.01. The number of morpholine rings is 1. The van der Waals surface area contributed by atoms with E-state index < -0.39 is 0 Å². The van der Waals surface area contributed by atoms with Gasteiger partial charge >= 0.3 is 0 Å². The van der Waals surface area contributed by atoms with E-state index in [-0.39, 0.29) is 11.9 Å². The maximum atomic E-state index is 12.1. The fraction of sp³-hybridized carbons (Fsp3) is 0.583. The van der Waals surface area contributed by atoms with Crippen LogP contribution in [0.25, 0.3) is 0 Å². The van der Waals surface area contributed by atoms with Crippen molar-refractivity contribution in [1.82, 2.24) is 15.3 Å². The second-order valence-corrected chi connectivity index (χ2v) is 5.37. The number of ether oxygens (including phenoxy) is 1. The molecule has 1 N–H and O–H groups in total.